The number of hydrogen-bond donors (Lipinski definition) is 2. The molecule has 0 aliphatic carbocycles. The molecule has 1 atom stereocenters. The molecular formula is C17H19ClN4O3. The fourth-order valence-corrected chi connectivity index (χ4v) is 2.75. The van der Waals surface area contributed by atoms with Crippen molar-refractivity contribution in [1.29, 1.82) is 0 Å². The molecule has 2 N–H and O–H groups in total. The van der Waals surface area contributed by atoms with Gasteiger partial charge in [-0.3, -0.25) is 4.79 Å². The monoisotopic (exact) mass is 362 g/mol. The van der Waals surface area contributed by atoms with Gasteiger partial charge in [0.05, 0.1) is 23.8 Å². The van der Waals surface area contributed by atoms with E-state index in [9.17, 15) is 4.79 Å². The number of benzene rings is 1. The van der Waals surface area contributed by atoms with Crippen molar-refractivity contribution in [1.82, 2.24) is 15.3 Å². The molecule has 0 bridgehead atoms. The second-order valence-electron chi connectivity index (χ2n) is 5.61. The lowest BCUT2D eigenvalue weighted by atomic mass is 10.2. The number of carbonyl (C=O) groups is 1. The van der Waals surface area contributed by atoms with E-state index in [1.165, 1.54) is 12.4 Å². The molecule has 2 aromatic rings. The highest BCUT2D eigenvalue weighted by atomic mass is 35.5. The van der Waals surface area contributed by atoms with Gasteiger partial charge in [0, 0.05) is 31.2 Å². The first-order valence-electron chi connectivity index (χ1n) is 7.98. The maximum atomic E-state index is 12.1. The first kappa shape index (κ1) is 17.4. The van der Waals surface area contributed by atoms with Crippen molar-refractivity contribution in [3.63, 3.8) is 0 Å². The maximum absolute atomic E-state index is 12.1. The summed E-state index contributed by atoms with van der Waals surface area (Å²) in [5.41, 5.74) is 1.12. The van der Waals surface area contributed by atoms with Crippen LogP contribution in [0.1, 0.15) is 23.2 Å². The number of methoxy groups -OCH3 is 1. The summed E-state index contributed by atoms with van der Waals surface area (Å²) in [5.74, 6) is 0.748. The average molecular weight is 363 g/mol. The number of hydrogen-bond acceptors (Lipinski definition) is 6. The van der Waals surface area contributed by atoms with E-state index >= 15 is 0 Å². The Morgan fingerprint density at radius 2 is 2.20 bits per heavy atom. The van der Waals surface area contributed by atoms with Crippen molar-refractivity contribution in [3.8, 4) is 5.75 Å². The van der Waals surface area contributed by atoms with Crippen LogP contribution in [0.4, 0.5) is 11.6 Å². The van der Waals surface area contributed by atoms with Gasteiger partial charge in [-0.05, 0) is 31.0 Å². The lowest BCUT2D eigenvalue weighted by Gasteiger charge is -2.11. The Morgan fingerprint density at radius 3 is 2.84 bits per heavy atom. The normalized spacial score (nSPS) is 16.5. The number of ether oxygens (including phenoxy) is 2. The lowest BCUT2D eigenvalue weighted by Crippen LogP contribution is -2.31. The summed E-state index contributed by atoms with van der Waals surface area (Å²) in [5, 5.41) is 6.34. The van der Waals surface area contributed by atoms with Crippen LogP contribution in [0.3, 0.4) is 0 Å². The van der Waals surface area contributed by atoms with Gasteiger partial charge < -0.3 is 20.1 Å². The summed E-state index contributed by atoms with van der Waals surface area (Å²) in [6.45, 7) is 1.27. The zero-order valence-corrected chi connectivity index (χ0v) is 14.5. The molecule has 0 radical (unpaired) electrons. The molecule has 3 rings (SSSR count). The van der Waals surface area contributed by atoms with Crippen molar-refractivity contribution < 1.29 is 14.3 Å². The highest BCUT2D eigenvalue weighted by Crippen LogP contribution is 2.28. The Kier molecular flexibility index (Phi) is 5.67. The van der Waals surface area contributed by atoms with Crippen LogP contribution in [-0.4, -0.2) is 42.2 Å². The molecule has 25 heavy (non-hydrogen) atoms. The van der Waals surface area contributed by atoms with Gasteiger partial charge in [-0.1, -0.05) is 11.6 Å². The van der Waals surface area contributed by atoms with E-state index in [4.69, 9.17) is 21.1 Å². The molecule has 1 fully saturated rings. The third kappa shape index (κ3) is 4.58. The minimum Gasteiger partial charge on any atom is -0.495 e. The maximum Gasteiger partial charge on any atom is 0.254 e. The molecule has 8 heteroatoms. The largest absolute Gasteiger partial charge is 0.495 e. The Labute approximate surface area is 150 Å². The molecule has 1 saturated heterocycles. The number of carbonyl (C=O) groups excluding carboxylic acids is 1. The molecule has 132 valence electrons. The van der Waals surface area contributed by atoms with Gasteiger partial charge in [-0.25, -0.2) is 9.97 Å². The van der Waals surface area contributed by atoms with Crippen LogP contribution in [0.15, 0.2) is 30.6 Å². The summed E-state index contributed by atoms with van der Waals surface area (Å²) in [4.78, 5) is 20.4. The summed E-state index contributed by atoms with van der Waals surface area (Å²) in [6.07, 6.45) is 5.07. The minimum absolute atomic E-state index is 0.102. The average Bonchev–Trinajstić information content (AvgIpc) is 3.14. The zero-order chi connectivity index (χ0) is 17.6. The van der Waals surface area contributed by atoms with Crippen molar-refractivity contribution in [2.75, 3.05) is 25.6 Å². The molecule has 7 nitrogen and oxygen atoms in total. The van der Waals surface area contributed by atoms with Crippen LogP contribution in [0, 0.1) is 0 Å². The van der Waals surface area contributed by atoms with Gasteiger partial charge in [0.25, 0.3) is 5.91 Å². The molecule has 1 aromatic heterocycles. The number of aromatic nitrogens is 2. The van der Waals surface area contributed by atoms with Gasteiger partial charge in [0.1, 0.15) is 5.75 Å². The zero-order valence-electron chi connectivity index (χ0n) is 13.8. The molecule has 0 spiro atoms. The fraction of sp³-hybridized carbons (Fsp3) is 0.353. The van der Waals surface area contributed by atoms with Crippen molar-refractivity contribution in [2.24, 2.45) is 0 Å². The SMILES string of the molecule is COc1ccc(Nc2ncc(C(=O)NCC3CCCO3)cn2)cc1Cl. The lowest BCUT2D eigenvalue weighted by molar-refractivity contribution is 0.0857. The van der Waals surface area contributed by atoms with Crippen LogP contribution in [0.5, 0.6) is 5.75 Å². The highest BCUT2D eigenvalue weighted by molar-refractivity contribution is 6.32. The van der Waals surface area contributed by atoms with Crippen LogP contribution in [0.2, 0.25) is 5.02 Å². The van der Waals surface area contributed by atoms with Crippen molar-refractivity contribution in [2.45, 2.75) is 18.9 Å². The standard InChI is InChI=1S/C17H19ClN4O3/c1-24-15-5-4-12(7-14(15)18)22-17-20-8-11(9-21-17)16(23)19-10-13-3-2-6-25-13/h4-5,7-9,13H,2-3,6,10H2,1H3,(H,19,23)(H,20,21,22). The molecule has 2 heterocycles. The number of nitrogens with zero attached hydrogens (tertiary/aromatic N) is 2. The smallest absolute Gasteiger partial charge is 0.254 e. The number of amides is 1. The molecule has 1 aliphatic rings. The second kappa shape index (κ2) is 8.13. The van der Waals surface area contributed by atoms with E-state index < -0.39 is 0 Å². The third-order valence-corrected chi connectivity index (χ3v) is 4.13. The van der Waals surface area contributed by atoms with E-state index in [1.54, 1.807) is 25.3 Å². The van der Waals surface area contributed by atoms with E-state index in [0.29, 0.717) is 28.8 Å². The number of halogens is 1. The Bertz CT molecular complexity index is 733. The molecule has 1 amide bonds. The molecule has 0 saturated carbocycles. The summed E-state index contributed by atoms with van der Waals surface area (Å²) in [6, 6.07) is 5.26. The van der Waals surface area contributed by atoms with Gasteiger partial charge in [0.2, 0.25) is 5.95 Å². The van der Waals surface area contributed by atoms with Gasteiger partial charge >= 0.3 is 0 Å². The predicted molar refractivity (Wildman–Crippen MR) is 94.6 cm³/mol. The third-order valence-electron chi connectivity index (χ3n) is 3.84. The molecule has 1 aromatic carbocycles. The molecule has 1 unspecified atom stereocenters. The van der Waals surface area contributed by atoms with Crippen molar-refractivity contribution in [3.05, 3.63) is 41.2 Å². The Balaban J connectivity index is 1.57. The van der Waals surface area contributed by atoms with E-state index in [0.717, 1.165) is 25.1 Å². The first-order chi connectivity index (χ1) is 12.2. The predicted octanol–water partition coefficient (Wildman–Crippen LogP) is 2.79. The van der Waals surface area contributed by atoms with E-state index in [1.807, 2.05) is 0 Å². The molecule has 1 aliphatic heterocycles. The van der Waals surface area contributed by atoms with Crippen LogP contribution in [0.25, 0.3) is 0 Å². The summed E-state index contributed by atoms with van der Waals surface area (Å²) >= 11 is 6.08. The number of rotatable bonds is 6. The first-order valence-corrected chi connectivity index (χ1v) is 8.36. The molecular weight excluding hydrogens is 344 g/mol. The van der Waals surface area contributed by atoms with Crippen LogP contribution in [-0.2, 0) is 4.74 Å². The fourth-order valence-electron chi connectivity index (χ4n) is 2.50. The summed E-state index contributed by atoms with van der Waals surface area (Å²) in [7, 11) is 1.56. The Morgan fingerprint density at radius 1 is 1.40 bits per heavy atom. The Hall–Kier alpha value is -2.38. The second-order valence-corrected chi connectivity index (χ2v) is 6.02. The van der Waals surface area contributed by atoms with E-state index in [2.05, 4.69) is 20.6 Å². The quantitative estimate of drug-likeness (QED) is 0.821. The highest BCUT2D eigenvalue weighted by Gasteiger charge is 2.17. The van der Waals surface area contributed by atoms with Gasteiger partial charge in [0.15, 0.2) is 0 Å². The van der Waals surface area contributed by atoms with Gasteiger partial charge in [-0.15, -0.1) is 0 Å². The van der Waals surface area contributed by atoms with Gasteiger partial charge in [-0.2, -0.15) is 0 Å². The number of nitrogens with one attached hydrogen (secondary N) is 2. The van der Waals surface area contributed by atoms with Crippen LogP contribution >= 0.6 is 11.6 Å². The topological polar surface area (TPSA) is 85.4 Å². The number of anilines is 2. The van der Waals surface area contributed by atoms with Crippen LogP contribution < -0.4 is 15.4 Å². The minimum atomic E-state index is -0.213. The van der Waals surface area contributed by atoms with Crippen molar-refractivity contribution >= 4 is 29.1 Å². The van der Waals surface area contributed by atoms with E-state index in [-0.39, 0.29) is 12.0 Å². The summed E-state index contributed by atoms with van der Waals surface area (Å²) < 4.78 is 10.6.